The molecule has 0 amide bonds. The maximum Gasteiger partial charge on any atom is 0.0970 e. The molecule has 146 valence electrons. The van der Waals surface area contributed by atoms with E-state index in [1.54, 1.807) is 0 Å². The van der Waals surface area contributed by atoms with E-state index in [2.05, 4.69) is 82.8 Å². The zero-order valence-electron chi connectivity index (χ0n) is 15.2. The molecule has 29 heavy (non-hydrogen) atoms. The Morgan fingerprint density at radius 3 is 1.28 bits per heavy atom. The molecule has 3 aromatic carbocycles. The number of benzene rings is 3. The first-order chi connectivity index (χ1) is 14.3. The minimum absolute atomic E-state index is 0.472. The van der Waals surface area contributed by atoms with Crippen LogP contribution in [-0.2, 0) is 16.5 Å². The van der Waals surface area contributed by atoms with E-state index in [0.29, 0.717) is 0 Å². The van der Waals surface area contributed by atoms with Gasteiger partial charge < -0.3 is 0 Å². The summed E-state index contributed by atoms with van der Waals surface area (Å²) in [4.78, 5) is 9.34. The maximum atomic E-state index is 4.88. The Balaban J connectivity index is 0.000000645. The third-order valence-corrected chi connectivity index (χ3v) is 4.79. The molecule has 0 saturated carbocycles. The van der Waals surface area contributed by atoms with Crippen molar-refractivity contribution in [2.24, 2.45) is 0 Å². The maximum absolute atomic E-state index is 4.88. The van der Waals surface area contributed by atoms with Crippen molar-refractivity contribution in [3.63, 3.8) is 0 Å². The topological polar surface area (TPSA) is 25.8 Å². The Labute approximate surface area is 185 Å². The Bertz CT molecular complexity index is 1150. The molecule has 5 aromatic rings. The SMILES string of the molecule is [Cl][Pt][Cl].c1ccc(-c2ccnc3c2ccc2c(-c4ccccc4)ccnc23)cc1. The van der Waals surface area contributed by atoms with Gasteiger partial charge in [-0.3, -0.25) is 9.97 Å². The van der Waals surface area contributed by atoms with Crippen LogP contribution in [0.25, 0.3) is 44.1 Å². The molecule has 0 fully saturated rings. The number of hydrogen-bond acceptors (Lipinski definition) is 2. The Hall–Kier alpha value is -2.25. The average Bonchev–Trinajstić information content (AvgIpc) is 2.80. The van der Waals surface area contributed by atoms with Crippen LogP contribution in [0.4, 0.5) is 0 Å². The second-order valence-electron chi connectivity index (χ2n) is 6.35. The summed E-state index contributed by atoms with van der Waals surface area (Å²) in [7, 11) is 9.75. The number of aromatic nitrogens is 2. The normalized spacial score (nSPS) is 10.7. The molecule has 2 nitrogen and oxygen atoms in total. The average molecular weight is 598 g/mol. The summed E-state index contributed by atoms with van der Waals surface area (Å²) >= 11 is -0.472. The summed E-state index contributed by atoms with van der Waals surface area (Å²) in [5.74, 6) is 0. The number of pyridine rings is 2. The summed E-state index contributed by atoms with van der Waals surface area (Å²) in [5, 5.41) is 2.26. The molecule has 0 aliphatic carbocycles. The first-order valence-electron chi connectivity index (χ1n) is 8.93. The number of halogens is 2. The van der Waals surface area contributed by atoms with E-state index in [0.717, 1.165) is 21.8 Å². The van der Waals surface area contributed by atoms with Crippen molar-refractivity contribution in [2.75, 3.05) is 0 Å². The van der Waals surface area contributed by atoms with Gasteiger partial charge in [0.15, 0.2) is 0 Å². The third kappa shape index (κ3) is 4.21. The second kappa shape index (κ2) is 9.50. The summed E-state index contributed by atoms with van der Waals surface area (Å²) in [6.07, 6.45) is 3.75. The fraction of sp³-hybridized carbons (Fsp3) is 0. The van der Waals surface area contributed by atoms with E-state index >= 15 is 0 Å². The van der Waals surface area contributed by atoms with Crippen LogP contribution in [-0.4, -0.2) is 9.97 Å². The van der Waals surface area contributed by atoms with Crippen molar-refractivity contribution in [1.29, 1.82) is 0 Å². The van der Waals surface area contributed by atoms with Crippen molar-refractivity contribution in [3.05, 3.63) is 97.3 Å². The summed E-state index contributed by atoms with van der Waals surface area (Å²) in [6.45, 7) is 0. The van der Waals surface area contributed by atoms with Crippen LogP contribution in [0.5, 0.6) is 0 Å². The zero-order valence-corrected chi connectivity index (χ0v) is 19.0. The molecule has 0 bridgehead atoms. The van der Waals surface area contributed by atoms with E-state index in [-0.39, 0.29) is 0 Å². The first-order valence-corrected chi connectivity index (χ1v) is 14.6. The van der Waals surface area contributed by atoms with Gasteiger partial charge in [0.25, 0.3) is 0 Å². The fourth-order valence-electron chi connectivity index (χ4n) is 3.57. The van der Waals surface area contributed by atoms with E-state index < -0.39 is 16.5 Å². The van der Waals surface area contributed by atoms with E-state index in [9.17, 15) is 0 Å². The standard InChI is InChI=1S/C24H16N2.2ClH.Pt/c1-3-7-17(8-4-1)19-13-15-25-23-21(19)11-12-22-20(14-16-26-24(22)23)18-9-5-2-6-10-18;;;/h1-16H;2*1H;/q;;;+2/p-2. The quantitative estimate of drug-likeness (QED) is 0.197. The largest absolute Gasteiger partial charge is 0.254 e. The van der Waals surface area contributed by atoms with Gasteiger partial charge in [-0.1, -0.05) is 72.8 Å². The Kier molecular flexibility index (Phi) is 6.56. The molecule has 0 aliphatic heterocycles. The monoisotopic (exact) mass is 597 g/mol. The molecular weight excluding hydrogens is 582 g/mol. The van der Waals surface area contributed by atoms with E-state index in [4.69, 9.17) is 18.8 Å². The first kappa shape index (κ1) is 20.0. The molecule has 2 aromatic heterocycles. The molecule has 5 rings (SSSR count). The Morgan fingerprint density at radius 1 is 0.517 bits per heavy atom. The molecule has 0 radical (unpaired) electrons. The van der Waals surface area contributed by atoms with Gasteiger partial charge in [0.05, 0.1) is 11.0 Å². The second-order valence-corrected chi connectivity index (χ2v) is 9.63. The number of hydrogen-bond donors (Lipinski definition) is 0. The van der Waals surface area contributed by atoms with Gasteiger partial charge in [-0.2, -0.15) is 0 Å². The van der Waals surface area contributed by atoms with Crippen LogP contribution in [0.1, 0.15) is 0 Å². The van der Waals surface area contributed by atoms with Crippen LogP contribution >= 0.6 is 18.8 Å². The number of fused-ring (bicyclic) bond motifs is 3. The fourth-order valence-corrected chi connectivity index (χ4v) is 3.57. The molecule has 0 spiro atoms. The summed E-state index contributed by atoms with van der Waals surface area (Å²) in [6, 6.07) is 29.3. The minimum atomic E-state index is -0.472. The van der Waals surface area contributed by atoms with Gasteiger partial charge >= 0.3 is 35.3 Å². The van der Waals surface area contributed by atoms with Crippen molar-refractivity contribution in [1.82, 2.24) is 9.97 Å². The van der Waals surface area contributed by atoms with Gasteiger partial charge in [0, 0.05) is 23.2 Å². The predicted molar refractivity (Wildman–Crippen MR) is 120 cm³/mol. The summed E-state index contributed by atoms with van der Waals surface area (Å²) in [5.41, 5.74) is 6.65. The molecule has 5 heteroatoms. The van der Waals surface area contributed by atoms with Gasteiger partial charge in [-0.05, 0) is 34.4 Å². The molecule has 0 N–H and O–H groups in total. The van der Waals surface area contributed by atoms with Crippen LogP contribution in [0.3, 0.4) is 0 Å². The molecule has 2 heterocycles. The summed E-state index contributed by atoms with van der Waals surface area (Å²) < 4.78 is 0. The Morgan fingerprint density at radius 2 is 0.897 bits per heavy atom. The molecule has 0 unspecified atom stereocenters. The third-order valence-electron chi connectivity index (χ3n) is 4.79. The molecule has 0 aliphatic rings. The van der Waals surface area contributed by atoms with Gasteiger partial charge in [0.2, 0.25) is 0 Å². The van der Waals surface area contributed by atoms with Gasteiger partial charge in [-0.15, -0.1) is 0 Å². The smallest absolute Gasteiger partial charge is 0.0970 e. The van der Waals surface area contributed by atoms with E-state index in [1.807, 2.05) is 24.5 Å². The molecule has 0 saturated heterocycles. The van der Waals surface area contributed by atoms with Crippen LogP contribution in [0.15, 0.2) is 97.3 Å². The molecular formula is C24H16Cl2N2Pt. The van der Waals surface area contributed by atoms with Crippen LogP contribution in [0.2, 0.25) is 0 Å². The van der Waals surface area contributed by atoms with Gasteiger partial charge in [0.1, 0.15) is 0 Å². The van der Waals surface area contributed by atoms with Crippen molar-refractivity contribution < 1.29 is 16.5 Å². The number of nitrogens with zero attached hydrogens (tertiary/aromatic N) is 2. The van der Waals surface area contributed by atoms with Crippen molar-refractivity contribution in [3.8, 4) is 22.3 Å². The predicted octanol–water partition coefficient (Wildman–Crippen LogP) is 7.49. The van der Waals surface area contributed by atoms with Crippen molar-refractivity contribution in [2.45, 2.75) is 0 Å². The minimum Gasteiger partial charge on any atom is -0.254 e. The van der Waals surface area contributed by atoms with Gasteiger partial charge in [-0.25, -0.2) is 0 Å². The van der Waals surface area contributed by atoms with Crippen molar-refractivity contribution >= 4 is 40.6 Å². The van der Waals surface area contributed by atoms with Crippen LogP contribution < -0.4 is 0 Å². The van der Waals surface area contributed by atoms with Crippen LogP contribution in [0, 0.1) is 0 Å². The number of rotatable bonds is 2. The zero-order chi connectivity index (χ0) is 20.1. The molecule has 0 atom stereocenters. The van der Waals surface area contributed by atoms with E-state index in [1.165, 1.54) is 22.3 Å².